The molecule has 0 fully saturated rings. The zero-order valence-corrected chi connectivity index (χ0v) is 28.2. The van der Waals surface area contributed by atoms with E-state index in [-0.39, 0.29) is 11.6 Å². The Hall–Kier alpha value is -4.24. The third-order valence-electron chi connectivity index (χ3n) is 6.71. The summed E-state index contributed by atoms with van der Waals surface area (Å²) < 4.78 is 0. The number of benzene rings is 5. The molecule has 1 unspecified atom stereocenters. The van der Waals surface area contributed by atoms with E-state index in [9.17, 15) is 14.4 Å². The van der Waals surface area contributed by atoms with Gasteiger partial charge < -0.3 is 16.0 Å². The minimum atomic E-state index is -0.619. The van der Waals surface area contributed by atoms with Crippen LogP contribution in [-0.4, -0.2) is 17.7 Å². The molecule has 0 aliphatic rings. The number of hydrogen-bond acceptors (Lipinski definition) is 4. The average molecular weight is 721 g/mol. The van der Waals surface area contributed by atoms with Crippen molar-refractivity contribution in [2.75, 3.05) is 10.6 Å². The summed E-state index contributed by atoms with van der Waals surface area (Å²) in [6, 6.07) is 34.7. The number of amides is 3. The van der Waals surface area contributed by atoms with E-state index < -0.39 is 17.1 Å². The largest absolute Gasteiger partial charge is 0.323 e. The number of anilines is 2. The molecule has 0 radical (unpaired) electrons. The third kappa shape index (κ3) is 9.19. The van der Waals surface area contributed by atoms with Gasteiger partial charge in [0, 0.05) is 36.8 Å². The van der Waals surface area contributed by atoms with Crippen LogP contribution in [0.5, 0.6) is 0 Å². The number of rotatable bonds is 10. The highest BCUT2D eigenvalue weighted by atomic mass is 35.5. The topological polar surface area (TPSA) is 87.3 Å². The lowest BCUT2D eigenvalue weighted by Crippen LogP contribution is -2.30. The van der Waals surface area contributed by atoms with Crippen LogP contribution in [0.1, 0.15) is 26.7 Å². The van der Waals surface area contributed by atoms with Crippen LogP contribution in [-0.2, 0) is 9.59 Å². The number of hydrogen-bond donors (Lipinski definition) is 3. The summed E-state index contributed by atoms with van der Waals surface area (Å²) in [6.45, 7) is 0. The lowest BCUT2D eigenvalue weighted by Gasteiger charge is -2.18. The lowest BCUT2D eigenvalue weighted by atomic mass is 10.1. The van der Waals surface area contributed by atoms with Crippen molar-refractivity contribution in [3.63, 3.8) is 0 Å². The molecule has 3 N–H and O–H groups in total. The van der Waals surface area contributed by atoms with Gasteiger partial charge in [-0.3, -0.25) is 14.4 Å². The first kappa shape index (κ1) is 34.1. The number of carbonyl (C=O) groups excluding carboxylic acids is 3. The van der Waals surface area contributed by atoms with Gasteiger partial charge in [-0.05, 0) is 78.4 Å². The van der Waals surface area contributed by atoms with Crippen LogP contribution >= 0.6 is 58.2 Å². The lowest BCUT2D eigenvalue weighted by molar-refractivity contribution is -0.116. The second-order valence-corrected chi connectivity index (χ2v) is 12.9. The van der Waals surface area contributed by atoms with Gasteiger partial charge in [0.1, 0.15) is 10.9 Å². The number of carbonyl (C=O) groups is 3. The molecule has 236 valence electrons. The predicted molar refractivity (Wildman–Crippen MR) is 194 cm³/mol. The Bertz CT molecular complexity index is 1920. The molecular weight excluding hydrogens is 696 g/mol. The van der Waals surface area contributed by atoms with Crippen molar-refractivity contribution < 1.29 is 14.4 Å². The highest BCUT2D eigenvalue weighted by Crippen LogP contribution is 2.37. The highest BCUT2D eigenvalue weighted by molar-refractivity contribution is 8.00. The van der Waals surface area contributed by atoms with Crippen molar-refractivity contribution in [3.8, 4) is 0 Å². The Balaban J connectivity index is 1.35. The number of halogens is 4. The first-order valence-electron chi connectivity index (χ1n) is 14.1. The van der Waals surface area contributed by atoms with E-state index in [0.29, 0.717) is 42.6 Å². The standard InChI is InChI=1S/C36H25Cl4N3O3S/c37-24-14-19-31(30(40)20-24)42-36(46)33(22-8-3-1-4-9-22)47-26-17-15-25(16-18-26)41-35(45)32(21-27-28(38)12-7-13-29(27)39)43-34(44)23-10-5-2-6-11-23/h1-21,33H,(H,41,45)(H,42,46)(H,43,44)/b32-21-. The van der Waals surface area contributed by atoms with E-state index in [4.69, 9.17) is 46.4 Å². The van der Waals surface area contributed by atoms with Crippen LogP contribution in [0.15, 0.2) is 132 Å². The second kappa shape index (κ2) is 16.0. The van der Waals surface area contributed by atoms with Gasteiger partial charge in [-0.2, -0.15) is 0 Å². The monoisotopic (exact) mass is 719 g/mol. The number of thioether (sulfide) groups is 1. The minimum absolute atomic E-state index is 0.0611. The minimum Gasteiger partial charge on any atom is -0.323 e. The Kier molecular flexibility index (Phi) is 11.6. The van der Waals surface area contributed by atoms with Crippen LogP contribution in [0.4, 0.5) is 11.4 Å². The Labute approximate surface area is 296 Å². The fourth-order valence-corrected chi connectivity index (χ4v) is 6.36. The molecule has 11 heteroatoms. The summed E-state index contributed by atoms with van der Waals surface area (Å²) in [5.41, 5.74) is 2.38. The summed E-state index contributed by atoms with van der Waals surface area (Å²) in [6.07, 6.45) is 1.43. The van der Waals surface area contributed by atoms with E-state index in [2.05, 4.69) is 16.0 Å². The normalized spacial score (nSPS) is 11.8. The van der Waals surface area contributed by atoms with Gasteiger partial charge >= 0.3 is 0 Å². The zero-order valence-electron chi connectivity index (χ0n) is 24.3. The second-order valence-electron chi connectivity index (χ2n) is 10.0. The summed E-state index contributed by atoms with van der Waals surface area (Å²) in [4.78, 5) is 40.8. The molecule has 5 aromatic carbocycles. The van der Waals surface area contributed by atoms with Crippen LogP contribution in [0.2, 0.25) is 20.1 Å². The van der Waals surface area contributed by atoms with Gasteiger partial charge in [0.15, 0.2) is 0 Å². The number of nitrogens with one attached hydrogen (secondary N) is 3. The van der Waals surface area contributed by atoms with Gasteiger partial charge in [0.2, 0.25) is 5.91 Å². The molecule has 47 heavy (non-hydrogen) atoms. The van der Waals surface area contributed by atoms with Crippen LogP contribution in [0, 0.1) is 0 Å². The van der Waals surface area contributed by atoms with Crippen LogP contribution in [0.3, 0.4) is 0 Å². The molecule has 0 saturated carbocycles. The fourth-order valence-electron chi connectivity index (χ4n) is 4.38. The van der Waals surface area contributed by atoms with E-state index in [1.807, 2.05) is 30.3 Å². The van der Waals surface area contributed by atoms with Crippen molar-refractivity contribution in [2.24, 2.45) is 0 Å². The molecule has 6 nitrogen and oxygen atoms in total. The predicted octanol–water partition coefficient (Wildman–Crippen LogP) is 10.2. The van der Waals surface area contributed by atoms with Gasteiger partial charge in [0.05, 0.1) is 10.7 Å². The van der Waals surface area contributed by atoms with E-state index >= 15 is 0 Å². The fraction of sp³-hybridized carbons (Fsp3) is 0.0278. The Morgan fingerprint density at radius 2 is 1.30 bits per heavy atom. The Morgan fingerprint density at radius 1 is 0.660 bits per heavy atom. The molecule has 0 aliphatic carbocycles. The summed E-state index contributed by atoms with van der Waals surface area (Å²) in [7, 11) is 0. The Morgan fingerprint density at radius 3 is 1.94 bits per heavy atom. The van der Waals surface area contributed by atoms with Crippen LogP contribution < -0.4 is 16.0 Å². The molecule has 0 spiro atoms. The molecule has 0 bridgehead atoms. The highest BCUT2D eigenvalue weighted by Gasteiger charge is 2.23. The van der Waals surface area contributed by atoms with E-state index in [1.165, 1.54) is 17.8 Å². The van der Waals surface area contributed by atoms with Crippen molar-refractivity contribution in [2.45, 2.75) is 10.1 Å². The maximum atomic E-state index is 13.5. The molecule has 3 amide bonds. The van der Waals surface area contributed by atoms with Gasteiger partial charge in [-0.15, -0.1) is 11.8 Å². The quantitative estimate of drug-likeness (QED) is 0.0990. The van der Waals surface area contributed by atoms with Crippen molar-refractivity contribution in [1.82, 2.24) is 5.32 Å². The maximum absolute atomic E-state index is 13.5. The van der Waals surface area contributed by atoms with Gasteiger partial charge in [-0.25, -0.2) is 0 Å². The first-order chi connectivity index (χ1) is 22.7. The molecule has 0 aliphatic heterocycles. The molecule has 5 rings (SSSR count). The SMILES string of the molecule is O=C(Nc1ccc(SC(C(=O)Nc2ccc(Cl)cc2Cl)c2ccccc2)cc1)/C(=C/c1c(Cl)cccc1Cl)NC(=O)c1ccccc1. The van der Waals surface area contributed by atoms with Crippen molar-refractivity contribution in [1.29, 1.82) is 0 Å². The molecule has 0 heterocycles. The zero-order chi connectivity index (χ0) is 33.3. The molecule has 5 aromatic rings. The summed E-state index contributed by atoms with van der Waals surface area (Å²) in [5.74, 6) is -1.34. The van der Waals surface area contributed by atoms with Gasteiger partial charge in [-0.1, -0.05) is 101 Å². The van der Waals surface area contributed by atoms with E-state index in [1.54, 1.807) is 91.0 Å². The van der Waals surface area contributed by atoms with Crippen molar-refractivity contribution >= 4 is 93.3 Å². The summed E-state index contributed by atoms with van der Waals surface area (Å²) >= 11 is 26.4. The molecule has 0 aromatic heterocycles. The summed E-state index contributed by atoms with van der Waals surface area (Å²) in [5, 5.41) is 9.18. The average Bonchev–Trinajstić information content (AvgIpc) is 3.07. The van der Waals surface area contributed by atoms with E-state index in [0.717, 1.165) is 10.5 Å². The maximum Gasteiger partial charge on any atom is 0.272 e. The van der Waals surface area contributed by atoms with Crippen LogP contribution in [0.25, 0.3) is 6.08 Å². The first-order valence-corrected chi connectivity index (χ1v) is 16.5. The molecule has 0 saturated heterocycles. The van der Waals surface area contributed by atoms with Gasteiger partial charge in [0.25, 0.3) is 11.8 Å². The smallest absolute Gasteiger partial charge is 0.272 e. The molecule has 1 atom stereocenters. The molecular formula is C36H25Cl4N3O3S. The third-order valence-corrected chi connectivity index (χ3v) is 9.19. The van der Waals surface area contributed by atoms with Crippen molar-refractivity contribution in [3.05, 3.63) is 164 Å².